The quantitative estimate of drug-likeness (QED) is 0.465. The number of ether oxygens (including phenoxy) is 2. The lowest BCUT2D eigenvalue weighted by Crippen LogP contribution is -2.14. The van der Waals surface area contributed by atoms with Crippen LogP contribution in [0.1, 0.15) is 28.0 Å². The van der Waals surface area contributed by atoms with Gasteiger partial charge in [-0.15, -0.1) is 0 Å². The first kappa shape index (κ1) is 20.7. The minimum absolute atomic E-state index is 0.145. The summed E-state index contributed by atoms with van der Waals surface area (Å²) in [6.45, 7) is 3.54. The van der Waals surface area contributed by atoms with Gasteiger partial charge in [0, 0.05) is 11.1 Å². The Labute approximate surface area is 175 Å². The van der Waals surface area contributed by atoms with E-state index in [9.17, 15) is 10.1 Å². The molecule has 6 nitrogen and oxygen atoms in total. The summed E-state index contributed by atoms with van der Waals surface area (Å²) in [7, 11) is 3.12. The van der Waals surface area contributed by atoms with Crippen LogP contribution >= 0.6 is 0 Å². The highest BCUT2D eigenvalue weighted by atomic mass is 16.5. The Morgan fingerprint density at radius 1 is 1.07 bits per heavy atom. The summed E-state index contributed by atoms with van der Waals surface area (Å²) < 4.78 is 16.2. The number of nitrogens with one attached hydrogen (secondary N) is 1. The minimum atomic E-state index is -0.388. The van der Waals surface area contributed by atoms with Crippen LogP contribution in [0.3, 0.4) is 0 Å². The van der Waals surface area contributed by atoms with Gasteiger partial charge in [0.2, 0.25) is 5.88 Å². The molecule has 3 rings (SSSR count). The molecular weight excluding hydrogens is 380 g/mol. The van der Waals surface area contributed by atoms with E-state index in [1.165, 1.54) is 0 Å². The molecule has 0 saturated carbocycles. The van der Waals surface area contributed by atoms with E-state index in [2.05, 4.69) is 11.4 Å². The number of carbonyl (C=O) groups is 1. The first-order valence-electron chi connectivity index (χ1n) is 9.29. The molecule has 0 bridgehead atoms. The Morgan fingerprint density at radius 2 is 1.77 bits per heavy atom. The van der Waals surface area contributed by atoms with Gasteiger partial charge in [0.1, 0.15) is 17.4 Å². The number of hydrogen-bond donors (Lipinski definition) is 1. The van der Waals surface area contributed by atoms with Crippen molar-refractivity contribution in [2.45, 2.75) is 13.8 Å². The summed E-state index contributed by atoms with van der Waals surface area (Å²) in [5.41, 5.74) is 2.92. The number of carbonyl (C=O) groups excluding carboxylic acids is 1. The lowest BCUT2D eigenvalue weighted by Gasteiger charge is -2.11. The van der Waals surface area contributed by atoms with Crippen molar-refractivity contribution in [3.05, 3.63) is 76.5 Å². The molecule has 0 fully saturated rings. The summed E-state index contributed by atoms with van der Waals surface area (Å²) in [5, 5.41) is 12.2. The molecule has 1 heterocycles. The Morgan fingerprint density at radius 3 is 2.40 bits per heavy atom. The zero-order valence-electron chi connectivity index (χ0n) is 17.3. The van der Waals surface area contributed by atoms with Gasteiger partial charge in [-0.25, -0.2) is 0 Å². The predicted molar refractivity (Wildman–Crippen MR) is 115 cm³/mol. The molecule has 0 saturated heterocycles. The van der Waals surface area contributed by atoms with Crippen LogP contribution in [0.15, 0.2) is 52.9 Å². The van der Waals surface area contributed by atoms with Crippen molar-refractivity contribution in [1.29, 1.82) is 5.26 Å². The third kappa shape index (κ3) is 4.20. The minimum Gasteiger partial charge on any atom is -0.493 e. The average Bonchev–Trinajstić information content (AvgIpc) is 3.04. The van der Waals surface area contributed by atoms with Gasteiger partial charge >= 0.3 is 0 Å². The second-order valence-electron chi connectivity index (χ2n) is 6.59. The summed E-state index contributed by atoms with van der Waals surface area (Å²) in [5.74, 6) is 1.50. The number of nitriles is 1. The summed E-state index contributed by atoms with van der Waals surface area (Å²) in [6, 6.07) is 16.8. The highest BCUT2D eigenvalue weighted by molar-refractivity contribution is 6.29. The fraction of sp³-hybridized carbons (Fsp3) is 0.167. The molecule has 30 heavy (non-hydrogen) atoms. The lowest BCUT2D eigenvalue weighted by atomic mass is 10.0. The maximum atomic E-state index is 13.2. The molecule has 1 N–H and O–H groups in total. The van der Waals surface area contributed by atoms with E-state index < -0.39 is 0 Å². The lowest BCUT2D eigenvalue weighted by molar-refractivity contribution is -0.111. The van der Waals surface area contributed by atoms with E-state index in [1.54, 1.807) is 46.3 Å². The number of aryl methyl sites for hydroxylation is 1. The third-order valence-electron chi connectivity index (χ3n) is 4.77. The fourth-order valence-electron chi connectivity index (χ4n) is 3.03. The first-order valence-corrected chi connectivity index (χ1v) is 9.29. The molecule has 0 aliphatic carbocycles. The Kier molecular flexibility index (Phi) is 6.23. The highest BCUT2D eigenvalue weighted by Gasteiger charge is 2.20. The Bertz CT molecular complexity index is 1140. The molecule has 0 aliphatic heterocycles. The van der Waals surface area contributed by atoms with Gasteiger partial charge in [-0.3, -0.25) is 10.1 Å². The second kappa shape index (κ2) is 9.01. The number of methoxy groups -OCH3 is 2. The van der Waals surface area contributed by atoms with Crippen LogP contribution in [0, 0.1) is 25.2 Å². The van der Waals surface area contributed by atoms with Crippen molar-refractivity contribution in [3.63, 3.8) is 0 Å². The van der Waals surface area contributed by atoms with Gasteiger partial charge in [0.05, 0.1) is 14.2 Å². The number of hydrogen-bond acceptors (Lipinski definition) is 5. The summed E-state index contributed by atoms with van der Waals surface area (Å²) >= 11 is 0. The van der Waals surface area contributed by atoms with Gasteiger partial charge in [-0.1, -0.05) is 36.4 Å². The molecule has 0 atom stereocenters. The van der Waals surface area contributed by atoms with Crippen LogP contribution in [-0.4, -0.2) is 20.1 Å². The second-order valence-corrected chi connectivity index (χ2v) is 6.59. The zero-order valence-corrected chi connectivity index (χ0v) is 17.3. The van der Waals surface area contributed by atoms with E-state index in [0.717, 1.165) is 11.1 Å². The summed E-state index contributed by atoms with van der Waals surface area (Å²) in [6.07, 6.45) is 1.75. The number of nitrogens with zero attached hydrogens (tertiary/aromatic N) is 1. The van der Waals surface area contributed by atoms with Crippen molar-refractivity contribution in [1.82, 2.24) is 0 Å². The van der Waals surface area contributed by atoms with Crippen LogP contribution in [0.25, 0.3) is 11.6 Å². The third-order valence-corrected chi connectivity index (χ3v) is 4.77. The fourth-order valence-corrected chi connectivity index (χ4v) is 3.03. The van der Waals surface area contributed by atoms with Crippen LogP contribution in [0.5, 0.6) is 11.5 Å². The van der Waals surface area contributed by atoms with Crippen molar-refractivity contribution >= 4 is 23.4 Å². The van der Waals surface area contributed by atoms with Crippen molar-refractivity contribution in [3.8, 4) is 17.6 Å². The van der Waals surface area contributed by atoms with Crippen LogP contribution in [-0.2, 0) is 4.79 Å². The average molecular weight is 402 g/mol. The standard InChI is InChI=1S/C24H22N2O4/c1-15-16(2)30-24(20(15)14-25)26-23(27)19(18-8-6-5-7-9-18)12-17-10-11-21(28-3)22(13-17)29-4/h5-13H,1-4H3,(H,26,27)/b19-12+. The Balaban J connectivity index is 2.04. The van der Waals surface area contributed by atoms with Crippen molar-refractivity contribution in [2.75, 3.05) is 19.5 Å². The first-order chi connectivity index (χ1) is 14.5. The molecule has 0 unspecified atom stereocenters. The number of amides is 1. The maximum absolute atomic E-state index is 13.2. The Hall–Kier alpha value is -3.98. The maximum Gasteiger partial charge on any atom is 0.258 e. The zero-order chi connectivity index (χ0) is 21.7. The number of rotatable bonds is 6. The molecule has 0 spiro atoms. The van der Waals surface area contributed by atoms with Crippen LogP contribution in [0.2, 0.25) is 0 Å². The SMILES string of the molecule is COc1ccc(/C=C(/C(=O)Nc2oc(C)c(C)c2C#N)c2ccccc2)cc1OC. The topological polar surface area (TPSA) is 84.5 Å². The molecule has 1 aromatic heterocycles. The van der Waals surface area contributed by atoms with E-state index in [0.29, 0.717) is 34.0 Å². The largest absolute Gasteiger partial charge is 0.493 e. The highest BCUT2D eigenvalue weighted by Crippen LogP contribution is 2.31. The van der Waals surface area contributed by atoms with Crippen molar-refractivity contribution in [2.24, 2.45) is 0 Å². The van der Waals surface area contributed by atoms with E-state index in [-0.39, 0.29) is 11.8 Å². The normalized spacial score (nSPS) is 11.0. The molecule has 2 aromatic carbocycles. The smallest absolute Gasteiger partial charge is 0.258 e. The number of anilines is 1. The molecule has 0 radical (unpaired) electrons. The van der Waals surface area contributed by atoms with E-state index >= 15 is 0 Å². The molecule has 152 valence electrons. The van der Waals surface area contributed by atoms with E-state index in [4.69, 9.17) is 13.9 Å². The molecule has 3 aromatic rings. The molecule has 1 amide bonds. The van der Waals surface area contributed by atoms with Gasteiger partial charge in [0.15, 0.2) is 11.5 Å². The monoisotopic (exact) mass is 402 g/mol. The van der Waals surface area contributed by atoms with Gasteiger partial charge in [-0.2, -0.15) is 5.26 Å². The molecule has 6 heteroatoms. The van der Waals surface area contributed by atoms with Gasteiger partial charge < -0.3 is 13.9 Å². The summed E-state index contributed by atoms with van der Waals surface area (Å²) in [4.78, 5) is 13.2. The predicted octanol–water partition coefficient (Wildman–Crippen LogP) is 4.96. The molecule has 0 aliphatic rings. The van der Waals surface area contributed by atoms with E-state index in [1.807, 2.05) is 36.4 Å². The van der Waals surface area contributed by atoms with Gasteiger partial charge in [0.25, 0.3) is 5.91 Å². The van der Waals surface area contributed by atoms with Crippen LogP contribution < -0.4 is 14.8 Å². The van der Waals surface area contributed by atoms with Crippen LogP contribution in [0.4, 0.5) is 5.88 Å². The number of benzene rings is 2. The van der Waals surface area contributed by atoms with Crippen molar-refractivity contribution < 1.29 is 18.7 Å². The molecular formula is C24H22N2O4. The number of furan rings is 1. The van der Waals surface area contributed by atoms with Gasteiger partial charge in [-0.05, 0) is 43.2 Å².